The van der Waals surface area contributed by atoms with E-state index in [2.05, 4.69) is 44.7 Å². The van der Waals surface area contributed by atoms with Crippen molar-refractivity contribution in [2.75, 3.05) is 50.0 Å². The van der Waals surface area contributed by atoms with Gasteiger partial charge in [-0.1, -0.05) is 32.8 Å². The number of hydrogen-bond acceptors (Lipinski definition) is 7. The molecule has 3 aromatic rings. The van der Waals surface area contributed by atoms with Gasteiger partial charge in [0.2, 0.25) is 0 Å². The van der Waals surface area contributed by atoms with E-state index >= 15 is 0 Å². The maximum absolute atomic E-state index is 12.1. The molecule has 0 atom stereocenters. The SMILES string of the molecule is CCCCCNC(=O)Nc1cccc(Nc2ncnc3cc(OCCCN(CC)CCO)ccc23)c1. The number of aromatic nitrogens is 2. The van der Waals surface area contributed by atoms with Crippen molar-refractivity contribution in [3.63, 3.8) is 0 Å². The molecule has 3 rings (SSSR count). The molecule has 1 aromatic heterocycles. The van der Waals surface area contributed by atoms with E-state index in [1.807, 2.05) is 42.5 Å². The Bertz CT molecular complexity index is 1090. The van der Waals surface area contributed by atoms with Gasteiger partial charge in [-0.2, -0.15) is 0 Å². The van der Waals surface area contributed by atoms with E-state index in [4.69, 9.17) is 9.84 Å². The Morgan fingerprint density at radius 3 is 2.69 bits per heavy atom. The zero-order valence-electron chi connectivity index (χ0n) is 21.3. The Balaban J connectivity index is 1.58. The van der Waals surface area contributed by atoms with E-state index in [-0.39, 0.29) is 12.6 Å². The second-order valence-electron chi connectivity index (χ2n) is 8.55. The number of hydrogen-bond donors (Lipinski definition) is 4. The molecule has 0 saturated carbocycles. The van der Waals surface area contributed by atoms with Crippen LogP contribution in [0.15, 0.2) is 48.8 Å². The third-order valence-corrected chi connectivity index (χ3v) is 5.81. The molecule has 0 aliphatic heterocycles. The Hall–Kier alpha value is -3.43. The summed E-state index contributed by atoms with van der Waals surface area (Å²) in [4.78, 5) is 23.1. The van der Waals surface area contributed by atoms with E-state index in [0.717, 1.165) is 61.1 Å². The third-order valence-electron chi connectivity index (χ3n) is 5.81. The first kappa shape index (κ1) is 27.2. The molecule has 194 valence electrons. The molecular weight excluding hydrogens is 456 g/mol. The van der Waals surface area contributed by atoms with Crippen LogP contribution in [0.25, 0.3) is 10.9 Å². The van der Waals surface area contributed by atoms with Gasteiger partial charge < -0.3 is 30.7 Å². The normalized spacial score (nSPS) is 11.0. The van der Waals surface area contributed by atoms with Crippen LogP contribution < -0.4 is 20.7 Å². The molecule has 0 bridgehead atoms. The van der Waals surface area contributed by atoms with E-state index in [1.54, 1.807) is 0 Å². The van der Waals surface area contributed by atoms with Crippen LogP contribution in [-0.4, -0.2) is 65.4 Å². The molecule has 0 aliphatic rings. The molecule has 0 radical (unpaired) electrons. The van der Waals surface area contributed by atoms with E-state index in [1.165, 1.54) is 6.33 Å². The topological polar surface area (TPSA) is 112 Å². The molecule has 36 heavy (non-hydrogen) atoms. The number of aliphatic hydroxyl groups is 1. The number of fused-ring (bicyclic) bond motifs is 1. The average Bonchev–Trinajstić information content (AvgIpc) is 2.88. The number of aliphatic hydroxyl groups excluding tert-OH is 1. The predicted molar refractivity (Wildman–Crippen MR) is 145 cm³/mol. The van der Waals surface area contributed by atoms with Crippen LogP contribution in [0.2, 0.25) is 0 Å². The van der Waals surface area contributed by atoms with Crippen LogP contribution in [0.5, 0.6) is 5.75 Å². The van der Waals surface area contributed by atoms with Gasteiger partial charge in [-0.3, -0.25) is 0 Å². The van der Waals surface area contributed by atoms with Crippen molar-refractivity contribution in [1.29, 1.82) is 0 Å². The summed E-state index contributed by atoms with van der Waals surface area (Å²) in [5, 5.41) is 19.1. The van der Waals surface area contributed by atoms with Gasteiger partial charge in [0.25, 0.3) is 0 Å². The smallest absolute Gasteiger partial charge is 0.319 e. The van der Waals surface area contributed by atoms with Crippen LogP contribution in [0, 0.1) is 0 Å². The number of benzene rings is 2. The van der Waals surface area contributed by atoms with Crippen LogP contribution in [0.1, 0.15) is 39.5 Å². The van der Waals surface area contributed by atoms with Crippen molar-refractivity contribution in [3.05, 3.63) is 48.8 Å². The second kappa shape index (κ2) is 14.9. The van der Waals surface area contributed by atoms with Crippen molar-refractivity contribution in [2.24, 2.45) is 0 Å². The number of anilines is 3. The molecule has 0 aliphatic carbocycles. The number of unbranched alkanes of at least 4 members (excludes halogenated alkanes) is 2. The Labute approximate surface area is 213 Å². The number of nitrogens with zero attached hydrogens (tertiary/aromatic N) is 3. The Morgan fingerprint density at radius 1 is 1.03 bits per heavy atom. The number of carbonyl (C=O) groups is 1. The summed E-state index contributed by atoms with van der Waals surface area (Å²) in [5.74, 6) is 1.43. The maximum atomic E-state index is 12.1. The molecule has 2 amide bonds. The molecule has 1 heterocycles. The molecule has 0 spiro atoms. The standard InChI is InChI=1S/C27H38N6O3/c1-3-5-6-13-28-27(35)32-22-10-7-9-21(18-22)31-26-24-12-11-23(19-25(24)29-20-30-26)36-17-8-14-33(4-2)15-16-34/h7,9-12,18-20,34H,3-6,8,13-17H2,1-2H3,(H2,28,32,35)(H,29,30,31). The molecule has 4 N–H and O–H groups in total. The van der Waals surface area contributed by atoms with Gasteiger partial charge in [-0.25, -0.2) is 14.8 Å². The highest BCUT2D eigenvalue weighted by molar-refractivity contribution is 5.92. The predicted octanol–water partition coefficient (Wildman–Crippen LogP) is 4.77. The van der Waals surface area contributed by atoms with E-state index in [9.17, 15) is 4.79 Å². The molecule has 0 unspecified atom stereocenters. The Morgan fingerprint density at radius 2 is 1.89 bits per heavy atom. The van der Waals surface area contributed by atoms with E-state index < -0.39 is 0 Å². The first-order valence-electron chi connectivity index (χ1n) is 12.8. The number of carbonyl (C=O) groups excluding carboxylic acids is 1. The number of ether oxygens (including phenoxy) is 1. The fourth-order valence-corrected chi connectivity index (χ4v) is 3.84. The number of rotatable bonds is 15. The van der Waals surface area contributed by atoms with Crippen molar-refractivity contribution in [3.8, 4) is 5.75 Å². The number of nitrogens with one attached hydrogen (secondary N) is 3. The van der Waals surface area contributed by atoms with Gasteiger partial charge in [0, 0.05) is 42.5 Å². The van der Waals surface area contributed by atoms with Crippen molar-refractivity contribution < 1.29 is 14.6 Å². The lowest BCUT2D eigenvalue weighted by Gasteiger charge is -2.18. The van der Waals surface area contributed by atoms with Gasteiger partial charge >= 0.3 is 6.03 Å². The summed E-state index contributed by atoms with van der Waals surface area (Å²) < 4.78 is 5.92. The van der Waals surface area contributed by atoms with Crippen LogP contribution in [0.3, 0.4) is 0 Å². The van der Waals surface area contributed by atoms with Gasteiger partial charge in [0.15, 0.2) is 0 Å². The summed E-state index contributed by atoms with van der Waals surface area (Å²) in [7, 11) is 0. The maximum Gasteiger partial charge on any atom is 0.319 e. The minimum absolute atomic E-state index is 0.171. The van der Waals surface area contributed by atoms with Gasteiger partial charge in [-0.05, 0) is 49.7 Å². The first-order chi connectivity index (χ1) is 17.6. The fourth-order valence-electron chi connectivity index (χ4n) is 3.84. The monoisotopic (exact) mass is 494 g/mol. The molecule has 0 fully saturated rings. The minimum atomic E-state index is -0.209. The highest BCUT2D eigenvalue weighted by atomic mass is 16.5. The van der Waals surface area contributed by atoms with E-state index in [0.29, 0.717) is 31.2 Å². The van der Waals surface area contributed by atoms with Crippen molar-refractivity contribution in [2.45, 2.75) is 39.5 Å². The quantitative estimate of drug-likeness (QED) is 0.225. The number of amides is 2. The lowest BCUT2D eigenvalue weighted by molar-refractivity contribution is 0.189. The summed E-state index contributed by atoms with van der Waals surface area (Å²) in [6.45, 7) is 8.13. The first-order valence-corrected chi connectivity index (χ1v) is 12.8. The largest absolute Gasteiger partial charge is 0.493 e. The summed E-state index contributed by atoms with van der Waals surface area (Å²) in [5.41, 5.74) is 2.28. The average molecular weight is 495 g/mol. The molecule has 0 saturated heterocycles. The summed E-state index contributed by atoms with van der Waals surface area (Å²) in [6, 6.07) is 13.1. The zero-order chi connectivity index (χ0) is 25.6. The van der Waals surface area contributed by atoms with Crippen molar-refractivity contribution in [1.82, 2.24) is 20.2 Å². The lowest BCUT2D eigenvalue weighted by Crippen LogP contribution is -2.29. The third kappa shape index (κ3) is 8.66. The number of urea groups is 1. The highest BCUT2D eigenvalue weighted by Crippen LogP contribution is 2.27. The van der Waals surface area contributed by atoms with Crippen LogP contribution >= 0.6 is 0 Å². The van der Waals surface area contributed by atoms with Crippen LogP contribution in [0.4, 0.5) is 22.0 Å². The Kier molecular flexibility index (Phi) is 11.2. The lowest BCUT2D eigenvalue weighted by atomic mass is 10.2. The summed E-state index contributed by atoms with van der Waals surface area (Å²) >= 11 is 0. The molecular formula is C27H38N6O3. The minimum Gasteiger partial charge on any atom is -0.493 e. The zero-order valence-corrected chi connectivity index (χ0v) is 21.3. The molecule has 9 heteroatoms. The summed E-state index contributed by atoms with van der Waals surface area (Å²) in [6.07, 6.45) is 5.59. The van der Waals surface area contributed by atoms with Gasteiger partial charge in [-0.15, -0.1) is 0 Å². The van der Waals surface area contributed by atoms with Crippen molar-refractivity contribution >= 4 is 34.1 Å². The van der Waals surface area contributed by atoms with Gasteiger partial charge in [0.1, 0.15) is 17.9 Å². The number of likely N-dealkylation sites (N-methyl/N-ethyl adjacent to an activating group) is 1. The van der Waals surface area contributed by atoms with Crippen LogP contribution in [-0.2, 0) is 0 Å². The molecule has 9 nitrogen and oxygen atoms in total. The highest BCUT2D eigenvalue weighted by Gasteiger charge is 2.08. The fraction of sp³-hybridized carbons (Fsp3) is 0.444. The second-order valence-corrected chi connectivity index (χ2v) is 8.55. The van der Waals surface area contributed by atoms with Gasteiger partial charge in [0.05, 0.1) is 18.7 Å². The molecule has 2 aromatic carbocycles.